The van der Waals surface area contributed by atoms with E-state index in [9.17, 15) is 4.79 Å². The maximum absolute atomic E-state index is 12.1. The van der Waals surface area contributed by atoms with Crippen molar-refractivity contribution in [2.24, 2.45) is 0 Å². The van der Waals surface area contributed by atoms with E-state index in [-0.39, 0.29) is 11.9 Å². The molecule has 0 fully saturated rings. The normalized spacial score (nSPS) is 12.3. The second-order valence-electron chi connectivity index (χ2n) is 6.80. The zero-order chi connectivity index (χ0) is 18.7. The van der Waals surface area contributed by atoms with Gasteiger partial charge in [-0.15, -0.1) is 0 Å². The maximum Gasteiger partial charge on any atom is 0.220 e. The average Bonchev–Trinajstić information content (AvgIpc) is 3.06. The monoisotopic (exact) mass is 350 g/mol. The van der Waals surface area contributed by atoms with Crippen LogP contribution in [0.25, 0.3) is 16.9 Å². The molecule has 0 aliphatic carbocycles. The molecule has 1 amide bonds. The molecular weight excluding hydrogens is 324 g/mol. The fourth-order valence-electron chi connectivity index (χ4n) is 3.13. The van der Waals surface area contributed by atoms with Crippen LogP contribution in [-0.4, -0.2) is 26.5 Å². The second-order valence-corrected chi connectivity index (χ2v) is 6.80. The zero-order valence-corrected chi connectivity index (χ0v) is 15.9. The van der Waals surface area contributed by atoms with Crippen molar-refractivity contribution in [1.29, 1.82) is 0 Å². The summed E-state index contributed by atoms with van der Waals surface area (Å²) < 4.78 is 1.89. The van der Waals surface area contributed by atoms with Crippen molar-refractivity contribution in [1.82, 2.24) is 19.9 Å². The molecule has 0 aliphatic rings. The van der Waals surface area contributed by atoms with Gasteiger partial charge in [0.1, 0.15) is 0 Å². The predicted octanol–water partition coefficient (Wildman–Crippen LogP) is 3.86. The Kier molecular flexibility index (Phi) is 5.35. The van der Waals surface area contributed by atoms with Crippen LogP contribution in [0.3, 0.4) is 0 Å². The molecule has 0 saturated carbocycles. The molecule has 1 unspecified atom stereocenters. The first-order chi connectivity index (χ1) is 12.5. The number of benzene rings is 1. The van der Waals surface area contributed by atoms with E-state index in [1.165, 1.54) is 0 Å². The minimum absolute atomic E-state index is 0.0867. The van der Waals surface area contributed by atoms with Crippen LogP contribution >= 0.6 is 0 Å². The van der Waals surface area contributed by atoms with E-state index in [0.717, 1.165) is 40.3 Å². The van der Waals surface area contributed by atoms with Gasteiger partial charge < -0.3 is 5.32 Å². The Morgan fingerprint density at radius 3 is 2.65 bits per heavy atom. The number of aromatic nitrogens is 3. The van der Waals surface area contributed by atoms with Crippen molar-refractivity contribution >= 4 is 11.6 Å². The summed E-state index contributed by atoms with van der Waals surface area (Å²) in [5.74, 6) is 0.0867. The highest BCUT2D eigenvalue weighted by atomic mass is 16.1. The van der Waals surface area contributed by atoms with Crippen molar-refractivity contribution in [3.05, 3.63) is 53.3 Å². The highest BCUT2D eigenvalue weighted by Crippen LogP contribution is 2.22. The summed E-state index contributed by atoms with van der Waals surface area (Å²) in [6.45, 7) is 8.14. The van der Waals surface area contributed by atoms with Gasteiger partial charge in [-0.3, -0.25) is 4.79 Å². The first-order valence-corrected chi connectivity index (χ1v) is 9.20. The lowest BCUT2D eigenvalue weighted by Crippen LogP contribution is -2.32. The minimum Gasteiger partial charge on any atom is -0.354 e. The third-order valence-corrected chi connectivity index (χ3v) is 4.86. The molecule has 0 saturated heterocycles. The minimum atomic E-state index is 0.0867. The number of nitrogens with zero attached hydrogens (tertiary/aromatic N) is 3. The third-order valence-electron chi connectivity index (χ3n) is 4.86. The number of aryl methyl sites for hydroxylation is 2. The Morgan fingerprint density at radius 1 is 1.23 bits per heavy atom. The molecule has 3 rings (SSSR count). The summed E-state index contributed by atoms with van der Waals surface area (Å²) in [6, 6.07) is 12.3. The summed E-state index contributed by atoms with van der Waals surface area (Å²) in [5.41, 5.74) is 5.93. The van der Waals surface area contributed by atoms with Crippen molar-refractivity contribution in [3.8, 4) is 11.3 Å². The lowest BCUT2D eigenvalue weighted by molar-refractivity contribution is -0.121. The Morgan fingerprint density at radius 2 is 1.96 bits per heavy atom. The van der Waals surface area contributed by atoms with Crippen molar-refractivity contribution in [2.75, 3.05) is 0 Å². The first-order valence-electron chi connectivity index (χ1n) is 9.20. The van der Waals surface area contributed by atoms with Gasteiger partial charge in [-0.1, -0.05) is 37.3 Å². The first kappa shape index (κ1) is 18.1. The molecule has 0 aliphatic heterocycles. The molecule has 26 heavy (non-hydrogen) atoms. The fraction of sp³-hybridized carbons (Fsp3) is 0.381. The molecule has 1 aromatic carbocycles. The van der Waals surface area contributed by atoms with Crippen LogP contribution in [-0.2, 0) is 11.2 Å². The van der Waals surface area contributed by atoms with Crippen molar-refractivity contribution < 1.29 is 4.79 Å². The topological polar surface area (TPSA) is 59.3 Å². The van der Waals surface area contributed by atoms with Gasteiger partial charge in [-0.25, -0.2) is 9.50 Å². The highest BCUT2D eigenvalue weighted by Gasteiger charge is 2.14. The van der Waals surface area contributed by atoms with E-state index >= 15 is 0 Å². The molecule has 0 spiro atoms. The largest absolute Gasteiger partial charge is 0.354 e. The summed E-state index contributed by atoms with van der Waals surface area (Å²) in [4.78, 5) is 16.8. The maximum atomic E-state index is 12.1. The number of amides is 1. The van der Waals surface area contributed by atoms with Crippen LogP contribution in [0.1, 0.15) is 43.6 Å². The van der Waals surface area contributed by atoms with Gasteiger partial charge in [-0.2, -0.15) is 5.10 Å². The fourth-order valence-corrected chi connectivity index (χ4v) is 3.13. The second kappa shape index (κ2) is 7.68. The van der Waals surface area contributed by atoms with E-state index in [2.05, 4.69) is 12.2 Å². The Hall–Kier alpha value is -2.69. The van der Waals surface area contributed by atoms with E-state index in [4.69, 9.17) is 10.1 Å². The number of carbonyl (C=O) groups excluding carboxylic acids is 1. The van der Waals surface area contributed by atoms with E-state index in [0.29, 0.717) is 12.8 Å². The molecule has 136 valence electrons. The van der Waals surface area contributed by atoms with Gasteiger partial charge in [0.05, 0.1) is 5.69 Å². The lowest BCUT2D eigenvalue weighted by Gasteiger charge is -2.13. The number of fused-ring (bicyclic) bond motifs is 1. The molecule has 2 heterocycles. The van der Waals surface area contributed by atoms with Crippen LogP contribution in [0.15, 0.2) is 36.4 Å². The molecular formula is C21H26N4O. The smallest absolute Gasteiger partial charge is 0.220 e. The van der Waals surface area contributed by atoms with Gasteiger partial charge in [0.15, 0.2) is 5.65 Å². The highest BCUT2D eigenvalue weighted by molar-refractivity contribution is 5.76. The predicted molar refractivity (Wildman–Crippen MR) is 104 cm³/mol. The SMILES string of the molecule is CCC(C)NC(=O)CCc1c(C)nc2cc(-c3ccccc3)nn2c1C. The Labute approximate surface area is 154 Å². The van der Waals surface area contributed by atoms with Gasteiger partial charge >= 0.3 is 0 Å². The summed E-state index contributed by atoms with van der Waals surface area (Å²) >= 11 is 0. The Balaban J connectivity index is 1.86. The number of rotatable bonds is 6. The molecule has 3 aromatic rings. The van der Waals surface area contributed by atoms with Crippen molar-refractivity contribution in [3.63, 3.8) is 0 Å². The number of nitrogens with one attached hydrogen (secondary N) is 1. The third kappa shape index (κ3) is 3.77. The molecule has 1 N–H and O–H groups in total. The van der Waals surface area contributed by atoms with Crippen LogP contribution in [0.2, 0.25) is 0 Å². The lowest BCUT2D eigenvalue weighted by atomic mass is 10.1. The standard InChI is InChI=1S/C21H26N4O/c1-5-14(2)22-21(26)12-11-18-15(3)23-20-13-19(24-25(20)16(18)4)17-9-7-6-8-10-17/h6-10,13-14H,5,11-12H2,1-4H3,(H,22,26). The van der Waals surface area contributed by atoms with E-state index in [1.807, 2.05) is 61.7 Å². The van der Waals surface area contributed by atoms with Crippen LogP contribution in [0, 0.1) is 13.8 Å². The van der Waals surface area contributed by atoms with Crippen LogP contribution in [0.4, 0.5) is 0 Å². The van der Waals surface area contributed by atoms with Gasteiger partial charge in [0.2, 0.25) is 5.91 Å². The molecule has 1 atom stereocenters. The molecule has 5 nitrogen and oxygen atoms in total. The summed E-state index contributed by atoms with van der Waals surface area (Å²) in [7, 11) is 0. The average molecular weight is 350 g/mol. The van der Waals surface area contributed by atoms with Gasteiger partial charge in [-0.05, 0) is 39.2 Å². The summed E-state index contributed by atoms with van der Waals surface area (Å²) in [6.07, 6.45) is 2.07. The zero-order valence-electron chi connectivity index (χ0n) is 15.9. The number of carbonyl (C=O) groups is 1. The van der Waals surface area contributed by atoms with E-state index in [1.54, 1.807) is 0 Å². The molecule has 5 heteroatoms. The summed E-state index contributed by atoms with van der Waals surface area (Å²) in [5, 5.41) is 7.75. The quantitative estimate of drug-likeness (QED) is 0.734. The van der Waals surface area contributed by atoms with Crippen LogP contribution in [0.5, 0.6) is 0 Å². The van der Waals surface area contributed by atoms with E-state index < -0.39 is 0 Å². The number of hydrogen-bond donors (Lipinski definition) is 1. The molecule has 2 aromatic heterocycles. The molecule has 0 radical (unpaired) electrons. The van der Waals surface area contributed by atoms with Gasteiger partial charge in [0, 0.05) is 35.5 Å². The van der Waals surface area contributed by atoms with Gasteiger partial charge in [0.25, 0.3) is 0 Å². The Bertz CT molecular complexity index is 915. The number of hydrogen-bond acceptors (Lipinski definition) is 3. The molecule has 0 bridgehead atoms. The van der Waals surface area contributed by atoms with Crippen LogP contribution < -0.4 is 5.32 Å². The van der Waals surface area contributed by atoms with Crippen molar-refractivity contribution in [2.45, 2.75) is 53.0 Å².